The molecule has 4 aliphatic carbocycles. The van der Waals surface area contributed by atoms with Crippen LogP contribution < -0.4 is 0 Å². The lowest BCUT2D eigenvalue weighted by Crippen LogP contribution is -2.48. The highest BCUT2D eigenvalue weighted by Crippen LogP contribution is 2.63. The fourth-order valence-electron chi connectivity index (χ4n) is 5.70. The molecule has 0 aromatic rings. The van der Waals surface area contributed by atoms with Gasteiger partial charge in [0.1, 0.15) is 0 Å². The quantitative estimate of drug-likeness (QED) is 0.566. The molecule has 1 aliphatic heterocycles. The Kier molecular flexibility index (Phi) is 2.28. The smallest absolute Gasteiger partial charge is 0.343 e. The van der Waals surface area contributed by atoms with Crippen molar-refractivity contribution in [2.24, 2.45) is 23.2 Å². The molecule has 4 fully saturated rings. The van der Waals surface area contributed by atoms with E-state index in [2.05, 4.69) is 0 Å². The summed E-state index contributed by atoms with van der Waals surface area (Å²) in [5.41, 5.74) is 1.44. The molecule has 3 heteroatoms. The third kappa shape index (κ3) is 1.50. The number of carbonyl (C=O) groups excluding carboxylic acids is 2. The largest absolute Gasteiger partial charge is 0.386 e. The standard InChI is InChI=1S/C16H20O3/c1-2-12-13(15(18)19-14(12)17)16-6-9-3-10(7-16)5-11(4-9)8-16/h9-11H,2-8H2,1H3. The Morgan fingerprint density at radius 3 is 2.00 bits per heavy atom. The van der Waals surface area contributed by atoms with E-state index in [0.29, 0.717) is 12.0 Å². The zero-order valence-corrected chi connectivity index (χ0v) is 11.4. The molecule has 4 bridgehead atoms. The lowest BCUT2D eigenvalue weighted by atomic mass is 9.47. The van der Waals surface area contributed by atoms with E-state index in [0.717, 1.165) is 42.6 Å². The molecule has 0 aromatic carbocycles. The van der Waals surface area contributed by atoms with Crippen molar-refractivity contribution < 1.29 is 14.3 Å². The molecule has 0 radical (unpaired) electrons. The van der Waals surface area contributed by atoms with Crippen LogP contribution in [0.5, 0.6) is 0 Å². The molecule has 5 aliphatic rings. The average molecular weight is 260 g/mol. The molecule has 0 N–H and O–H groups in total. The van der Waals surface area contributed by atoms with Crippen LogP contribution in [-0.4, -0.2) is 11.9 Å². The molecule has 5 rings (SSSR count). The lowest BCUT2D eigenvalue weighted by molar-refractivity contribution is -0.152. The number of carbonyl (C=O) groups is 2. The van der Waals surface area contributed by atoms with Crippen LogP contribution in [0.2, 0.25) is 0 Å². The number of rotatable bonds is 2. The summed E-state index contributed by atoms with van der Waals surface area (Å²) < 4.78 is 4.91. The Morgan fingerprint density at radius 1 is 1.00 bits per heavy atom. The minimum atomic E-state index is -0.377. The van der Waals surface area contributed by atoms with E-state index in [1.165, 1.54) is 19.3 Å². The van der Waals surface area contributed by atoms with Crippen LogP contribution in [-0.2, 0) is 14.3 Å². The van der Waals surface area contributed by atoms with Crippen molar-refractivity contribution in [2.45, 2.75) is 51.9 Å². The summed E-state index contributed by atoms with van der Waals surface area (Å²) in [5.74, 6) is 1.63. The fraction of sp³-hybridized carbons (Fsp3) is 0.750. The molecule has 1 heterocycles. The van der Waals surface area contributed by atoms with Gasteiger partial charge in [-0.3, -0.25) is 0 Å². The molecule has 0 spiro atoms. The normalized spacial score (nSPS) is 44.2. The maximum Gasteiger partial charge on any atom is 0.343 e. The van der Waals surface area contributed by atoms with Crippen molar-refractivity contribution >= 4 is 11.9 Å². The predicted octanol–water partition coefficient (Wildman–Crippen LogP) is 2.99. The second-order valence-electron chi connectivity index (χ2n) is 7.08. The van der Waals surface area contributed by atoms with E-state index in [-0.39, 0.29) is 17.4 Å². The average Bonchev–Trinajstić information content (AvgIpc) is 2.62. The third-order valence-corrected chi connectivity index (χ3v) is 5.86. The van der Waals surface area contributed by atoms with Crippen LogP contribution in [0.1, 0.15) is 51.9 Å². The van der Waals surface area contributed by atoms with E-state index >= 15 is 0 Å². The van der Waals surface area contributed by atoms with Gasteiger partial charge in [0.25, 0.3) is 0 Å². The predicted molar refractivity (Wildman–Crippen MR) is 69.0 cm³/mol. The van der Waals surface area contributed by atoms with Crippen LogP contribution in [0.4, 0.5) is 0 Å². The number of hydrogen-bond acceptors (Lipinski definition) is 3. The van der Waals surface area contributed by atoms with Crippen LogP contribution in [0, 0.1) is 23.2 Å². The SMILES string of the molecule is CCC1=C(C23CC4CC(CC(C4)C2)C3)C(=O)OC1=O. The summed E-state index contributed by atoms with van der Waals surface area (Å²) in [7, 11) is 0. The van der Waals surface area contributed by atoms with Gasteiger partial charge in [0.05, 0.1) is 5.57 Å². The highest BCUT2D eigenvalue weighted by molar-refractivity contribution is 6.13. The molecule has 0 amide bonds. The van der Waals surface area contributed by atoms with Gasteiger partial charge in [0.2, 0.25) is 0 Å². The molecule has 4 saturated carbocycles. The molecule has 3 nitrogen and oxygen atoms in total. The first kappa shape index (κ1) is 11.7. The Hall–Kier alpha value is -1.12. The highest BCUT2D eigenvalue weighted by Gasteiger charge is 2.56. The minimum Gasteiger partial charge on any atom is -0.386 e. The Bertz CT molecular complexity index is 465. The zero-order chi connectivity index (χ0) is 13.2. The number of ether oxygens (including phenoxy) is 1. The number of cyclic esters (lactones) is 2. The van der Waals surface area contributed by atoms with Crippen LogP contribution in [0.3, 0.4) is 0 Å². The molecule has 0 aromatic heterocycles. The van der Waals surface area contributed by atoms with Crippen molar-refractivity contribution in [2.75, 3.05) is 0 Å². The van der Waals surface area contributed by atoms with Gasteiger partial charge in [-0.25, -0.2) is 9.59 Å². The maximum absolute atomic E-state index is 12.2. The summed E-state index contributed by atoms with van der Waals surface area (Å²) in [6.07, 6.45) is 7.99. The van der Waals surface area contributed by atoms with Gasteiger partial charge in [-0.05, 0) is 62.7 Å². The molecular formula is C16H20O3. The topological polar surface area (TPSA) is 43.4 Å². The Balaban J connectivity index is 1.81. The summed E-state index contributed by atoms with van der Waals surface area (Å²) in [6, 6.07) is 0. The van der Waals surface area contributed by atoms with Gasteiger partial charge in [0.15, 0.2) is 0 Å². The van der Waals surface area contributed by atoms with Crippen molar-refractivity contribution in [1.29, 1.82) is 0 Å². The summed E-state index contributed by atoms with van der Waals surface area (Å²) >= 11 is 0. The Labute approximate surface area is 113 Å². The van der Waals surface area contributed by atoms with Crippen molar-refractivity contribution in [1.82, 2.24) is 0 Å². The zero-order valence-electron chi connectivity index (χ0n) is 11.4. The molecule has 0 unspecified atom stereocenters. The summed E-state index contributed by atoms with van der Waals surface area (Å²) in [5, 5.41) is 0. The molecule has 0 saturated heterocycles. The van der Waals surface area contributed by atoms with E-state index in [1.807, 2.05) is 6.92 Å². The van der Waals surface area contributed by atoms with Crippen LogP contribution in [0.15, 0.2) is 11.1 Å². The van der Waals surface area contributed by atoms with Gasteiger partial charge in [-0.2, -0.15) is 0 Å². The molecular weight excluding hydrogens is 240 g/mol. The van der Waals surface area contributed by atoms with Crippen LogP contribution >= 0.6 is 0 Å². The van der Waals surface area contributed by atoms with Crippen LogP contribution in [0.25, 0.3) is 0 Å². The van der Waals surface area contributed by atoms with Gasteiger partial charge in [-0.15, -0.1) is 0 Å². The first-order valence-corrected chi connectivity index (χ1v) is 7.61. The number of esters is 2. The first-order valence-electron chi connectivity index (χ1n) is 7.61. The maximum atomic E-state index is 12.2. The van der Waals surface area contributed by atoms with E-state index in [1.54, 1.807) is 0 Å². The van der Waals surface area contributed by atoms with Crippen molar-refractivity contribution in [3.8, 4) is 0 Å². The monoisotopic (exact) mass is 260 g/mol. The molecule has 102 valence electrons. The molecule has 0 atom stereocenters. The third-order valence-electron chi connectivity index (χ3n) is 5.86. The van der Waals surface area contributed by atoms with Crippen molar-refractivity contribution in [3.63, 3.8) is 0 Å². The summed E-state index contributed by atoms with van der Waals surface area (Å²) in [6.45, 7) is 1.95. The van der Waals surface area contributed by atoms with Gasteiger partial charge in [0, 0.05) is 11.0 Å². The minimum absolute atomic E-state index is 0.0106. The van der Waals surface area contributed by atoms with Gasteiger partial charge >= 0.3 is 11.9 Å². The second-order valence-corrected chi connectivity index (χ2v) is 7.08. The highest BCUT2D eigenvalue weighted by atomic mass is 16.6. The van der Waals surface area contributed by atoms with Crippen molar-refractivity contribution in [3.05, 3.63) is 11.1 Å². The van der Waals surface area contributed by atoms with Gasteiger partial charge < -0.3 is 4.74 Å². The lowest BCUT2D eigenvalue weighted by Gasteiger charge is -2.57. The van der Waals surface area contributed by atoms with E-state index in [4.69, 9.17) is 4.74 Å². The molecule has 19 heavy (non-hydrogen) atoms. The summed E-state index contributed by atoms with van der Waals surface area (Å²) in [4.78, 5) is 24.0. The number of hydrogen-bond donors (Lipinski definition) is 0. The fourth-order valence-corrected chi connectivity index (χ4v) is 5.70. The second kappa shape index (κ2) is 3.71. The Morgan fingerprint density at radius 2 is 1.53 bits per heavy atom. The van der Waals surface area contributed by atoms with E-state index in [9.17, 15) is 9.59 Å². The first-order chi connectivity index (χ1) is 9.11. The van der Waals surface area contributed by atoms with Gasteiger partial charge in [-0.1, -0.05) is 6.92 Å². The van der Waals surface area contributed by atoms with E-state index < -0.39 is 0 Å².